The molecule has 7 nitrogen and oxygen atoms in total. The average molecular weight is 323 g/mol. The normalized spacial score (nSPS) is 12.2. The van der Waals surface area contributed by atoms with Gasteiger partial charge in [0.05, 0.1) is 5.02 Å². The molecule has 1 heterocycles. The minimum Gasteiger partial charge on any atom is -0.396 e. The van der Waals surface area contributed by atoms with Crippen LogP contribution in [0.15, 0.2) is 17.2 Å². The first-order valence-corrected chi connectivity index (χ1v) is 7.91. The van der Waals surface area contributed by atoms with E-state index in [-0.39, 0.29) is 34.9 Å². The molecule has 0 saturated carbocycles. The Morgan fingerprint density at radius 3 is 2.65 bits per heavy atom. The first-order chi connectivity index (χ1) is 9.34. The lowest BCUT2D eigenvalue weighted by atomic mass is 10.3. The summed E-state index contributed by atoms with van der Waals surface area (Å²) >= 11 is 5.90. The van der Waals surface area contributed by atoms with Crippen LogP contribution in [0, 0.1) is 0 Å². The molecule has 1 aromatic rings. The molecule has 20 heavy (non-hydrogen) atoms. The van der Waals surface area contributed by atoms with Gasteiger partial charge in [0.15, 0.2) is 5.82 Å². The van der Waals surface area contributed by atoms with Crippen molar-refractivity contribution in [2.45, 2.75) is 31.2 Å². The van der Waals surface area contributed by atoms with Crippen LogP contribution >= 0.6 is 11.6 Å². The van der Waals surface area contributed by atoms with Crippen molar-refractivity contribution < 1.29 is 13.5 Å². The van der Waals surface area contributed by atoms with Crippen LogP contribution in [0.3, 0.4) is 0 Å². The molecular formula is C11H19ClN4O3S. The standard InChI is InChI=1S/C11H19ClN4O3S/c1-8(2)16(4-3-5-17)20(18,19)9-6-10(12)11(15-13)14-7-9/h6-8,17H,3-5,13H2,1-2H3,(H,14,15). The van der Waals surface area contributed by atoms with Crippen LogP contribution in [0.25, 0.3) is 0 Å². The van der Waals surface area contributed by atoms with E-state index in [0.29, 0.717) is 6.42 Å². The number of nitrogens with two attached hydrogens (primary N) is 1. The van der Waals surface area contributed by atoms with Crippen LogP contribution in [-0.2, 0) is 10.0 Å². The number of aromatic nitrogens is 1. The predicted molar refractivity (Wildman–Crippen MR) is 77.8 cm³/mol. The van der Waals surface area contributed by atoms with E-state index in [0.717, 1.165) is 0 Å². The monoisotopic (exact) mass is 322 g/mol. The second-order valence-electron chi connectivity index (χ2n) is 4.43. The average Bonchev–Trinajstić information content (AvgIpc) is 2.38. The Morgan fingerprint density at radius 2 is 2.20 bits per heavy atom. The number of pyridine rings is 1. The SMILES string of the molecule is CC(C)N(CCCO)S(=O)(=O)c1cnc(NN)c(Cl)c1. The Hall–Kier alpha value is -0.930. The maximum Gasteiger partial charge on any atom is 0.244 e. The fourth-order valence-corrected chi connectivity index (χ4v) is 3.62. The van der Waals surface area contributed by atoms with Crippen molar-refractivity contribution in [3.63, 3.8) is 0 Å². The molecule has 0 fully saturated rings. The number of nitrogens with one attached hydrogen (secondary N) is 1. The maximum atomic E-state index is 12.5. The van der Waals surface area contributed by atoms with Gasteiger partial charge in [-0.1, -0.05) is 11.6 Å². The molecule has 1 rings (SSSR count). The number of aliphatic hydroxyl groups excluding tert-OH is 1. The van der Waals surface area contributed by atoms with Gasteiger partial charge in [-0.2, -0.15) is 4.31 Å². The van der Waals surface area contributed by atoms with Gasteiger partial charge < -0.3 is 10.5 Å². The van der Waals surface area contributed by atoms with Crippen molar-refractivity contribution in [1.82, 2.24) is 9.29 Å². The molecule has 9 heteroatoms. The molecule has 1 aromatic heterocycles. The number of halogens is 1. The van der Waals surface area contributed by atoms with E-state index in [9.17, 15) is 8.42 Å². The fraction of sp³-hybridized carbons (Fsp3) is 0.545. The van der Waals surface area contributed by atoms with Crippen LogP contribution in [0.5, 0.6) is 0 Å². The van der Waals surface area contributed by atoms with Gasteiger partial charge in [-0.15, -0.1) is 0 Å². The summed E-state index contributed by atoms with van der Waals surface area (Å²) in [7, 11) is -3.71. The summed E-state index contributed by atoms with van der Waals surface area (Å²) in [6.45, 7) is 3.68. The molecule has 0 saturated heterocycles. The summed E-state index contributed by atoms with van der Waals surface area (Å²) in [6, 6.07) is 1.06. The summed E-state index contributed by atoms with van der Waals surface area (Å²) in [4.78, 5) is 3.86. The highest BCUT2D eigenvalue weighted by Gasteiger charge is 2.27. The van der Waals surface area contributed by atoms with Gasteiger partial charge in [0.1, 0.15) is 4.90 Å². The molecule has 0 unspecified atom stereocenters. The van der Waals surface area contributed by atoms with Crippen molar-refractivity contribution in [1.29, 1.82) is 0 Å². The number of anilines is 1. The molecule has 0 spiro atoms. The zero-order valence-corrected chi connectivity index (χ0v) is 12.9. The van der Waals surface area contributed by atoms with Crippen LogP contribution in [0.2, 0.25) is 5.02 Å². The molecule has 0 aliphatic rings. The minimum atomic E-state index is -3.71. The number of sulfonamides is 1. The van der Waals surface area contributed by atoms with Gasteiger partial charge in [0, 0.05) is 25.4 Å². The quantitative estimate of drug-likeness (QED) is 0.506. The van der Waals surface area contributed by atoms with E-state index >= 15 is 0 Å². The summed E-state index contributed by atoms with van der Waals surface area (Å²) in [5, 5.41) is 8.99. The summed E-state index contributed by atoms with van der Waals surface area (Å²) in [5.41, 5.74) is 2.28. The van der Waals surface area contributed by atoms with Gasteiger partial charge in [-0.3, -0.25) is 0 Å². The topological polar surface area (TPSA) is 109 Å². The van der Waals surface area contributed by atoms with E-state index in [2.05, 4.69) is 10.4 Å². The van der Waals surface area contributed by atoms with E-state index in [1.165, 1.54) is 16.6 Å². The Labute approximate surface area is 123 Å². The van der Waals surface area contributed by atoms with E-state index < -0.39 is 10.0 Å². The molecule has 0 radical (unpaired) electrons. The number of hydrogen-bond acceptors (Lipinski definition) is 6. The summed E-state index contributed by atoms with van der Waals surface area (Å²) in [5.74, 6) is 5.40. The van der Waals surface area contributed by atoms with Gasteiger partial charge in [0.25, 0.3) is 0 Å². The van der Waals surface area contributed by atoms with Crippen molar-refractivity contribution >= 4 is 27.4 Å². The lowest BCUT2D eigenvalue weighted by molar-refractivity contribution is 0.258. The first-order valence-electron chi connectivity index (χ1n) is 6.09. The number of nitrogen functional groups attached to an aromatic ring is 1. The van der Waals surface area contributed by atoms with Gasteiger partial charge >= 0.3 is 0 Å². The third-order valence-corrected chi connectivity index (χ3v) is 5.00. The number of hydrazine groups is 1. The van der Waals surface area contributed by atoms with E-state index in [1.807, 2.05) is 0 Å². The lowest BCUT2D eigenvalue weighted by Crippen LogP contribution is -2.38. The Kier molecular flexibility index (Phi) is 6.15. The van der Waals surface area contributed by atoms with Gasteiger partial charge in [-0.25, -0.2) is 19.2 Å². The molecule has 0 bridgehead atoms. The highest BCUT2D eigenvalue weighted by Crippen LogP contribution is 2.24. The highest BCUT2D eigenvalue weighted by molar-refractivity contribution is 7.89. The Morgan fingerprint density at radius 1 is 1.55 bits per heavy atom. The van der Waals surface area contributed by atoms with Gasteiger partial charge in [0.2, 0.25) is 10.0 Å². The molecule has 114 valence electrons. The predicted octanol–water partition coefficient (Wildman–Crippen LogP) is 0.802. The summed E-state index contributed by atoms with van der Waals surface area (Å²) < 4.78 is 26.3. The van der Waals surface area contributed by atoms with Crippen LogP contribution in [0.4, 0.5) is 5.82 Å². The number of nitrogens with zero attached hydrogens (tertiary/aromatic N) is 2. The van der Waals surface area contributed by atoms with E-state index in [1.54, 1.807) is 13.8 Å². The van der Waals surface area contributed by atoms with Crippen molar-refractivity contribution in [2.24, 2.45) is 5.84 Å². The molecule has 4 N–H and O–H groups in total. The fourth-order valence-electron chi connectivity index (χ4n) is 1.69. The van der Waals surface area contributed by atoms with E-state index in [4.69, 9.17) is 22.6 Å². The first kappa shape index (κ1) is 17.1. The second-order valence-corrected chi connectivity index (χ2v) is 6.73. The number of rotatable bonds is 7. The lowest BCUT2D eigenvalue weighted by Gasteiger charge is -2.25. The highest BCUT2D eigenvalue weighted by atomic mass is 35.5. The van der Waals surface area contributed by atoms with Crippen molar-refractivity contribution in [2.75, 3.05) is 18.6 Å². The van der Waals surface area contributed by atoms with Gasteiger partial charge in [-0.05, 0) is 26.3 Å². The Balaban J connectivity index is 3.16. The third kappa shape index (κ3) is 3.80. The largest absolute Gasteiger partial charge is 0.396 e. The van der Waals surface area contributed by atoms with Crippen LogP contribution < -0.4 is 11.3 Å². The number of hydrogen-bond donors (Lipinski definition) is 3. The second kappa shape index (κ2) is 7.19. The van der Waals surface area contributed by atoms with Crippen LogP contribution in [-0.4, -0.2) is 42.0 Å². The minimum absolute atomic E-state index is 0.00635. The maximum absolute atomic E-state index is 12.5. The van der Waals surface area contributed by atoms with Crippen LogP contribution in [0.1, 0.15) is 20.3 Å². The third-order valence-electron chi connectivity index (χ3n) is 2.67. The van der Waals surface area contributed by atoms with Crippen molar-refractivity contribution in [3.8, 4) is 0 Å². The Bertz CT molecular complexity index is 551. The molecule has 0 amide bonds. The zero-order valence-electron chi connectivity index (χ0n) is 11.4. The molecule has 0 atom stereocenters. The number of aliphatic hydroxyl groups is 1. The zero-order chi connectivity index (χ0) is 15.3. The smallest absolute Gasteiger partial charge is 0.244 e. The molecule has 0 aliphatic heterocycles. The summed E-state index contributed by atoms with van der Waals surface area (Å²) in [6.07, 6.45) is 1.56. The molecule has 0 aliphatic carbocycles. The molecule has 0 aromatic carbocycles. The van der Waals surface area contributed by atoms with Crippen molar-refractivity contribution in [3.05, 3.63) is 17.3 Å². The molecular weight excluding hydrogens is 304 g/mol.